The summed E-state index contributed by atoms with van der Waals surface area (Å²) < 4.78 is 5.04. The Hall–Kier alpha value is -0.530. The van der Waals surface area contributed by atoms with Crippen molar-refractivity contribution in [1.29, 1.82) is 0 Å². The number of ether oxygens (including phenoxy) is 1. The first-order chi connectivity index (χ1) is 5.39. The van der Waals surface area contributed by atoms with Crippen LogP contribution in [0.3, 0.4) is 0 Å². The molecule has 0 saturated heterocycles. The van der Waals surface area contributed by atoms with Gasteiger partial charge in [-0.05, 0) is 11.8 Å². The zero-order chi connectivity index (χ0) is 9.78. The van der Waals surface area contributed by atoms with E-state index in [1.54, 1.807) is 0 Å². The molecule has 0 amide bonds. The minimum atomic E-state index is -0.0793. The van der Waals surface area contributed by atoms with Gasteiger partial charge in [-0.25, -0.2) is 0 Å². The molecule has 0 heterocycles. The summed E-state index contributed by atoms with van der Waals surface area (Å²) in [6.07, 6.45) is 0.891. The van der Waals surface area contributed by atoms with Crippen LogP contribution in [0.2, 0.25) is 0 Å². The quantitative estimate of drug-likeness (QED) is 0.612. The molecular weight excluding hydrogens is 152 g/mol. The average molecular weight is 172 g/mol. The predicted molar refractivity (Wildman–Crippen MR) is 49.9 cm³/mol. The summed E-state index contributed by atoms with van der Waals surface area (Å²) in [5.41, 5.74) is 0.00479. The number of hydrogen-bond acceptors (Lipinski definition) is 2. The third-order valence-electron chi connectivity index (χ3n) is 2.10. The second-order valence-electron chi connectivity index (χ2n) is 4.26. The number of esters is 1. The van der Waals surface area contributed by atoms with Gasteiger partial charge in [-0.2, -0.15) is 0 Å². The molecule has 0 spiro atoms. The van der Waals surface area contributed by atoms with Crippen LogP contribution in [0.1, 0.15) is 41.0 Å². The molecule has 0 aliphatic heterocycles. The minimum absolute atomic E-state index is 0.00479. The second kappa shape index (κ2) is 4.48. The van der Waals surface area contributed by atoms with E-state index in [1.807, 2.05) is 34.6 Å². The summed E-state index contributed by atoms with van der Waals surface area (Å²) in [6.45, 7) is 10.6. The fraction of sp³-hybridized carbons (Fsp3) is 0.900. The molecule has 12 heavy (non-hydrogen) atoms. The summed E-state index contributed by atoms with van der Waals surface area (Å²) in [5, 5.41) is 0. The van der Waals surface area contributed by atoms with Crippen molar-refractivity contribution in [2.24, 2.45) is 11.3 Å². The predicted octanol–water partition coefficient (Wildman–Crippen LogP) is 2.62. The molecule has 0 radical (unpaired) electrons. The largest absolute Gasteiger partial charge is 0.465 e. The van der Waals surface area contributed by atoms with Gasteiger partial charge in [0.05, 0.1) is 12.5 Å². The molecule has 0 bridgehead atoms. The van der Waals surface area contributed by atoms with E-state index in [9.17, 15) is 4.79 Å². The maximum absolute atomic E-state index is 11.3. The maximum atomic E-state index is 11.3. The van der Waals surface area contributed by atoms with E-state index >= 15 is 0 Å². The highest BCUT2D eigenvalue weighted by molar-refractivity contribution is 5.72. The second-order valence-corrected chi connectivity index (χ2v) is 4.26. The van der Waals surface area contributed by atoms with Gasteiger partial charge in [0.25, 0.3) is 0 Å². The van der Waals surface area contributed by atoms with Crippen LogP contribution in [0, 0.1) is 11.3 Å². The molecule has 0 saturated carbocycles. The van der Waals surface area contributed by atoms with Crippen molar-refractivity contribution in [3.8, 4) is 0 Å². The smallest absolute Gasteiger partial charge is 0.309 e. The third kappa shape index (κ3) is 3.74. The summed E-state index contributed by atoms with van der Waals surface area (Å²) >= 11 is 0. The number of rotatable bonds is 3. The molecule has 0 fully saturated rings. The topological polar surface area (TPSA) is 26.3 Å². The normalized spacial score (nSPS) is 14.1. The van der Waals surface area contributed by atoms with Gasteiger partial charge < -0.3 is 4.74 Å². The molecule has 0 aromatic carbocycles. The Balaban J connectivity index is 3.94. The Morgan fingerprint density at radius 2 is 1.92 bits per heavy atom. The van der Waals surface area contributed by atoms with Crippen LogP contribution in [0.4, 0.5) is 0 Å². The van der Waals surface area contributed by atoms with Gasteiger partial charge in [0.2, 0.25) is 0 Å². The molecule has 2 nitrogen and oxygen atoms in total. The summed E-state index contributed by atoms with van der Waals surface area (Å²) in [4.78, 5) is 11.3. The van der Waals surface area contributed by atoms with Crippen LogP contribution >= 0.6 is 0 Å². The third-order valence-corrected chi connectivity index (χ3v) is 2.10. The number of carbonyl (C=O) groups is 1. The van der Waals surface area contributed by atoms with E-state index in [4.69, 9.17) is 4.74 Å². The molecule has 0 aromatic rings. The average Bonchev–Trinajstić information content (AvgIpc) is 1.97. The summed E-state index contributed by atoms with van der Waals surface area (Å²) in [5.74, 6) is -0.103. The lowest BCUT2D eigenvalue weighted by Crippen LogP contribution is -2.27. The zero-order valence-corrected chi connectivity index (χ0v) is 8.81. The Kier molecular flexibility index (Phi) is 4.29. The monoisotopic (exact) mass is 172 g/mol. The maximum Gasteiger partial charge on any atom is 0.309 e. The molecule has 0 rings (SSSR count). The fourth-order valence-electron chi connectivity index (χ4n) is 0.681. The van der Waals surface area contributed by atoms with Crippen molar-refractivity contribution in [3.63, 3.8) is 0 Å². The molecule has 0 aliphatic rings. The van der Waals surface area contributed by atoms with E-state index in [0.29, 0.717) is 6.61 Å². The Morgan fingerprint density at radius 1 is 1.42 bits per heavy atom. The van der Waals surface area contributed by atoms with Crippen LogP contribution in [0.5, 0.6) is 0 Å². The van der Waals surface area contributed by atoms with Gasteiger partial charge in [-0.1, -0.05) is 34.6 Å². The lowest BCUT2D eigenvalue weighted by Gasteiger charge is -2.25. The van der Waals surface area contributed by atoms with E-state index in [2.05, 4.69) is 0 Å². The molecular formula is C10H20O2. The molecule has 0 N–H and O–H groups in total. The van der Waals surface area contributed by atoms with Gasteiger partial charge in [0.15, 0.2) is 0 Å². The number of hydrogen-bond donors (Lipinski definition) is 0. The van der Waals surface area contributed by atoms with Crippen LogP contribution in [0.15, 0.2) is 0 Å². The van der Waals surface area contributed by atoms with Gasteiger partial charge in [-0.15, -0.1) is 0 Å². The first-order valence-corrected chi connectivity index (χ1v) is 4.56. The van der Waals surface area contributed by atoms with Crippen molar-refractivity contribution < 1.29 is 9.53 Å². The lowest BCUT2D eigenvalue weighted by molar-refractivity contribution is -0.151. The summed E-state index contributed by atoms with van der Waals surface area (Å²) in [7, 11) is 0. The fourth-order valence-corrected chi connectivity index (χ4v) is 0.681. The molecule has 1 atom stereocenters. The summed E-state index contributed by atoms with van der Waals surface area (Å²) in [6, 6.07) is 0. The molecule has 0 aliphatic carbocycles. The zero-order valence-electron chi connectivity index (χ0n) is 8.81. The van der Waals surface area contributed by atoms with E-state index < -0.39 is 0 Å². The Morgan fingerprint density at radius 3 is 2.25 bits per heavy atom. The van der Waals surface area contributed by atoms with Crippen LogP contribution in [-0.2, 0) is 9.53 Å². The number of carbonyl (C=O) groups excluding carboxylic acids is 1. The van der Waals surface area contributed by atoms with Crippen molar-refractivity contribution in [2.75, 3.05) is 6.61 Å². The van der Waals surface area contributed by atoms with Crippen LogP contribution in [-0.4, -0.2) is 12.6 Å². The van der Waals surface area contributed by atoms with Crippen LogP contribution < -0.4 is 0 Å². The van der Waals surface area contributed by atoms with Gasteiger partial charge in [0, 0.05) is 0 Å². The van der Waals surface area contributed by atoms with E-state index in [0.717, 1.165) is 6.42 Å². The van der Waals surface area contributed by atoms with Crippen molar-refractivity contribution in [2.45, 2.75) is 41.0 Å². The first-order valence-electron chi connectivity index (χ1n) is 4.56. The van der Waals surface area contributed by atoms with E-state index in [1.165, 1.54) is 0 Å². The molecule has 0 unspecified atom stereocenters. The Labute approximate surface area is 75.3 Å². The molecule has 0 aromatic heterocycles. The highest BCUT2D eigenvalue weighted by Crippen LogP contribution is 2.26. The molecule has 2 heteroatoms. The first kappa shape index (κ1) is 11.5. The van der Waals surface area contributed by atoms with Gasteiger partial charge in [0.1, 0.15) is 0 Å². The SMILES string of the molecule is CCCOC(=O)[C@@H](C)C(C)(C)C. The Bertz CT molecular complexity index is 144. The van der Waals surface area contributed by atoms with Gasteiger partial charge in [-0.3, -0.25) is 4.79 Å². The lowest BCUT2D eigenvalue weighted by atomic mass is 9.82. The van der Waals surface area contributed by atoms with Crippen molar-refractivity contribution in [3.05, 3.63) is 0 Å². The van der Waals surface area contributed by atoms with Crippen molar-refractivity contribution in [1.82, 2.24) is 0 Å². The minimum Gasteiger partial charge on any atom is -0.465 e. The standard InChI is InChI=1S/C10H20O2/c1-6-7-12-9(11)8(2)10(3,4)5/h8H,6-7H2,1-5H3/t8-/m1/s1. The molecule has 72 valence electrons. The van der Waals surface area contributed by atoms with Crippen LogP contribution in [0.25, 0.3) is 0 Å². The highest BCUT2D eigenvalue weighted by Gasteiger charge is 2.27. The van der Waals surface area contributed by atoms with E-state index in [-0.39, 0.29) is 17.3 Å². The van der Waals surface area contributed by atoms with Crippen molar-refractivity contribution >= 4 is 5.97 Å². The van der Waals surface area contributed by atoms with Gasteiger partial charge >= 0.3 is 5.97 Å². The highest BCUT2D eigenvalue weighted by atomic mass is 16.5.